The van der Waals surface area contributed by atoms with Crippen LogP contribution in [0, 0.1) is 11.3 Å². The van der Waals surface area contributed by atoms with Crippen molar-refractivity contribution < 1.29 is 0 Å². The van der Waals surface area contributed by atoms with Crippen molar-refractivity contribution in [2.45, 2.75) is 13.3 Å². The van der Waals surface area contributed by atoms with Crippen molar-refractivity contribution >= 4 is 16.7 Å². The molecule has 0 saturated heterocycles. The van der Waals surface area contributed by atoms with Gasteiger partial charge in [-0.25, -0.2) is 9.97 Å². The highest BCUT2D eigenvalue weighted by Crippen LogP contribution is 2.22. The van der Waals surface area contributed by atoms with Gasteiger partial charge in [0.15, 0.2) is 5.82 Å². The van der Waals surface area contributed by atoms with Crippen molar-refractivity contribution in [2.24, 2.45) is 0 Å². The van der Waals surface area contributed by atoms with Crippen LogP contribution in [0.5, 0.6) is 0 Å². The Morgan fingerprint density at radius 2 is 2.14 bits per heavy atom. The van der Waals surface area contributed by atoms with E-state index >= 15 is 0 Å². The van der Waals surface area contributed by atoms with E-state index in [9.17, 15) is 5.26 Å². The lowest BCUT2D eigenvalue weighted by atomic mass is 10.2. The summed E-state index contributed by atoms with van der Waals surface area (Å²) in [6.07, 6.45) is 5.98. The monoisotopic (exact) mass is 277 g/mol. The molecule has 3 rings (SSSR count). The van der Waals surface area contributed by atoms with E-state index in [2.05, 4.69) is 41.2 Å². The Hall–Kier alpha value is -2.87. The number of para-hydroxylation sites is 1. The van der Waals surface area contributed by atoms with Gasteiger partial charge in [0.25, 0.3) is 0 Å². The molecule has 0 amide bonds. The third kappa shape index (κ3) is 2.32. The molecule has 0 saturated carbocycles. The summed E-state index contributed by atoms with van der Waals surface area (Å²) in [6.45, 7) is 2.87. The fraction of sp³-hybridized carbons (Fsp3) is 0.188. The van der Waals surface area contributed by atoms with Crippen LogP contribution in [0.4, 0.5) is 5.82 Å². The molecule has 1 aromatic carbocycles. The number of fused-ring (bicyclic) bond motifs is 1. The molecule has 3 aromatic rings. The van der Waals surface area contributed by atoms with E-state index in [1.807, 2.05) is 28.0 Å². The van der Waals surface area contributed by atoms with E-state index < -0.39 is 0 Å². The standard InChI is InChI=1S/C16H15N5/c1-2-8-21(16-14(10-17)11-18-12-19-16)20-9-7-13-5-3-4-6-15(13)20/h3-7,9,11-12H,2,8H2,1H3. The van der Waals surface area contributed by atoms with Gasteiger partial charge < -0.3 is 0 Å². The number of rotatable bonds is 4. The Morgan fingerprint density at radius 1 is 1.29 bits per heavy atom. The number of aromatic nitrogens is 3. The molecule has 2 heterocycles. The topological polar surface area (TPSA) is 57.7 Å². The number of hydrogen-bond acceptors (Lipinski definition) is 4. The summed E-state index contributed by atoms with van der Waals surface area (Å²) in [5.41, 5.74) is 1.57. The Kier molecular flexibility index (Phi) is 3.52. The van der Waals surface area contributed by atoms with E-state index in [0.717, 1.165) is 23.9 Å². The fourth-order valence-corrected chi connectivity index (χ4v) is 2.41. The minimum atomic E-state index is 0.476. The molecule has 0 aliphatic heterocycles. The van der Waals surface area contributed by atoms with Crippen LogP contribution < -0.4 is 5.01 Å². The molecule has 0 aliphatic carbocycles. The molecule has 2 aromatic heterocycles. The molecule has 104 valence electrons. The maximum Gasteiger partial charge on any atom is 0.168 e. The normalized spacial score (nSPS) is 10.5. The van der Waals surface area contributed by atoms with E-state index in [1.54, 1.807) is 6.20 Å². The summed E-state index contributed by atoms with van der Waals surface area (Å²) >= 11 is 0. The van der Waals surface area contributed by atoms with Crippen LogP contribution in [0.3, 0.4) is 0 Å². The zero-order chi connectivity index (χ0) is 14.7. The second-order valence-corrected chi connectivity index (χ2v) is 4.71. The van der Waals surface area contributed by atoms with Crippen LogP contribution in [-0.4, -0.2) is 21.2 Å². The maximum atomic E-state index is 9.28. The second kappa shape index (κ2) is 5.63. The highest BCUT2D eigenvalue weighted by molar-refractivity contribution is 5.81. The van der Waals surface area contributed by atoms with Crippen LogP contribution >= 0.6 is 0 Å². The quantitative estimate of drug-likeness (QED) is 0.735. The summed E-state index contributed by atoms with van der Waals surface area (Å²) in [7, 11) is 0. The van der Waals surface area contributed by atoms with Crippen molar-refractivity contribution in [3.8, 4) is 6.07 Å². The summed E-state index contributed by atoms with van der Waals surface area (Å²) in [6, 6.07) is 12.4. The first-order valence-corrected chi connectivity index (χ1v) is 6.89. The highest BCUT2D eigenvalue weighted by atomic mass is 15.6. The smallest absolute Gasteiger partial charge is 0.168 e. The number of anilines is 1. The van der Waals surface area contributed by atoms with Crippen molar-refractivity contribution in [3.63, 3.8) is 0 Å². The molecule has 0 spiro atoms. The molecule has 0 radical (unpaired) electrons. The summed E-state index contributed by atoms with van der Waals surface area (Å²) < 4.78 is 2.04. The number of benzene rings is 1. The van der Waals surface area contributed by atoms with Gasteiger partial charge in [-0.05, 0) is 18.6 Å². The summed E-state index contributed by atoms with van der Waals surface area (Å²) in [5.74, 6) is 0.635. The number of nitrogens with zero attached hydrogens (tertiary/aromatic N) is 5. The zero-order valence-electron chi connectivity index (χ0n) is 11.8. The first-order chi connectivity index (χ1) is 10.3. The summed E-state index contributed by atoms with van der Waals surface area (Å²) in [4.78, 5) is 8.24. The highest BCUT2D eigenvalue weighted by Gasteiger charge is 2.15. The molecule has 0 unspecified atom stereocenters. The second-order valence-electron chi connectivity index (χ2n) is 4.71. The van der Waals surface area contributed by atoms with Gasteiger partial charge in [-0.1, -0.05) is 25.1 Å². The first-order valence-electron chi connectivity index (χ1n) is 6.89. The predicted octanol–water partition coefficient (Wildman–Crippen LogP) is 2.98. The van der Waals surface area contributed by atoms with Crippen molar-refractivity contribution in [1.29, 1.82) is 5.26 Å². The third-order valence-corrected chi connectivity index (χ3v) is 3.33. The lowest BCUT2D eigenvalue weighted by Gasteiger charge is -2.25. The molecule has 5 heteroatoms. The minimum Gasteiger partial charge on any atom is -0.263 e. The van der Waals surface area contributed by atoms with Crippen LogP contribution in [-0.2, 0) is 0 Å². The first kappa shape index (κ1) is 13.1. The van der Waals surface area contributed by atoms with Gasteiger partial charge in [-0.2, -0.15) is 5.26 Å². The largest absolute Gasteiger partial charge is 0.263 e. The van der Waals surface area contributed by atoms with Gasteiger partial charge in [0, 0.05) is 18.1 Å². The molecule has 5 nitrogen and oxygen atoms in total. The molecular formula is C16H15N5. The van der Waals surface area contributed by atoms with Crippen molar-refractivity contribution in [3.05, 3.63) is 54.6 Å². The van der Waals surface area contributed by atoms with Crippen molar-refractivity contribution in [1.82, 2.24) is 14.6 Å². The van der Waals surface area contributed by atoms with E-state index in [1.165, 1.54) is 6.33 Å². The van der Waals surface area contributed by atoms with Gasteiger partial charge in [0.05, 0.1) is 11.7 Å². The van der Waals surface area contributed by atoms with Crippen LogP contribution in [0.2, 0.25) is 0 Å². The van der Waals surface area contributed by atoms with Gasteiger partial charge >= 0.3 is 0 Å². The summed E-state index contributed by atoms with van der Waals surface area (Å²) in [5, 5.41) is 12.5. The average Bonchev–Trinajstić information content (AvgIpc) is 2.96. The Bertz CT molecular complexity index is 800. The van der Waals surface area contributed by atoms with Gasteiger partial charge in [0.1, 0.15) is 18.0 Å². The number of hydrogen-bond donors (Lipinski definition) is 0. The molecule has 0 N–H and O–H groups in total. The van der Waals surface area contributed by atoms with Gasteiger partial charge in [-0.15, -0.1) is 0 Å². The average molecular weight is 277 g/mol. The predicted molar refractivity (Wildman–Crippen MR) is 81.7 cm³/mol. The Morgan fingerprint density at radius 3 is 2.95 bits per heavy atom. The molecule has 0 bridgehead atoms. The third-order valence-electron chi connectivity index (χ3n) is 3.33. The Labute approximate surface area is 123 Å². The molecular weight excluding hydrogens is 262 g/mol. The zero-order valence-corrected chi connectivity index (χ0v) is 11.8. The van der Waals surface area contributed by atoms with Crippen molar-refractivity contribution in [2.75, 3.05) is 11.6 Å². The minimum absolute atomic E-state index is 0.476. The molecule has 0 atom stereocenters. The molecule has 0 aliphatic rings. The molecule has 21 heavy (non-hydrogen) atoms. The maximum absolute atomic E-state index is 9.28. The van der Waals surface area contributed by atoms with Crippen LogP contribution in [0.1, 0.15) is 18.9 Å². The lowest BCUT2D eigenvalue weighted by molar-refractivity contribution is 0.683. The number of nitriles is 1. The SMILES string of the molecule is CCCN(c1ncncc1C#N)n1ccc2ccccc21. The van der Waals surface area contributed by atoms with Crippen LogP contribution in [0.25, 0.3) is 10.9 Å². The fourth-order valence-electron chi connectivity index (χ4n) is 2.41. The molecule has 0 fully saturated rings. The van der Waals surface area contributed by atoms with Crippen LogP contribution in [0.15, 0.2) is 49.1 Å². The van der Waals surface area contributed by atoms with E-state index in [-0.39, 0.29) is 0 Å². The Balaban J connectivity index is 2.16. The lowest BCUT2D eigenvalue weighted by Crippen LogP contribution is -2.31. The van der Waals surface area contributed by atoms with E-state index in [0.29, 0.717) is 11.4 Å². The van der Waals surface area contributed by atoms with E-state index in [4.69, 9.17) is 0 Å². The van der Waals surface area contributed by atoms with Gasteiger partial charge in [-0.3, -0.25) is 9.69 Å². The van der Waals surface area contributed by atoms with Gasteiger partial charge in [0.2, 0.25) is 0 Å².